The van der Waals surface area contributed by atoms with E-state index in [0.29, 0.717) is 17.4 Å². The molecule has 0 heterocycles. The van der Waals surface area contributed by atoms with Crippen LogP contribution in [0.2, 0.25) is 0 Å². The molecule has 0 fully saturated rings. The lowest BCUT2D eigenvalue weighted by molar-refractivity contribution is -0.870. The summed E-state index contributed by atoms with van der Waals surface area (Å²) in [4.78, 5) is 37.6. The number of aliphatic carboxylic acids is 1. The second-order valence-corrected chi connectivity index (χ2v) is 27.3. The van der Waals surface area contributed by atoms with Crippen molar-refractivity contribution in [2.75, 3.05) is 47.5 Å². The number of hydrogen-bond donors (Lipinski definition) is 1. The highest BCUT2D eigenvalue weighted by atomic mass is 16.7. The SMILES string of the molecule is CCCCCCC/C=C\C/C=C\CCCCCCCCCCCCCCCCCCCCCCCCCCCCCCCC(=O)OC(COC(=O)CCCCCCCCCCCCCCCCCCCCCC)COC(OCC[N+](C)(C)C)C(=O)O. The van der Waals surface area contributed by atoms with Crippen molar-refractivity contribution >= 4 is 17.9 Å². The lowest BCUT2D eigenvalue weighted by Crippen LogP contribution is -2.40. The smallest absolute Gasteiger partial charge is 0.361 e. The summed E-state index contributed by atoms with van der Waals surface area (Å²) in [6.07, 6.45) is 83.3. The van der Waals surface area contributed by atoms with E-state index in [4.69, 9.17) is 18.9 Å². The molecule has 0 spiro atoms. The van der Waals surface area contributed by atoms with Gasteiger partial charge in [-0.2, -0.15) is 0 Å². The van der Waals surface area contributed by atoms with Crippen molar-refractivity contribution in [1.82, 2.24) is 0 Å². The molecule has 9 heteroatoms. The van der Waals surface area contributed by atoms with E-state index in [9.17, 15) is 19.5 Å². The van der Waals surface area contributed by atoms with Crippen molar-refractivity contribution in [3.8, 4) is 0 Å². The Labute approximate surface area is 535 Å². The molecule has 0 aliphatic heterocycles. The first-order valence-electron chi connectivity index (χ1n) is 38.0. The monoisotopic (exact) mass is 1220 g/mol. The van der Waals surface area contributed by atoms with E-state index >= 15 is 0 Å². The van der Waals surface area contributed by atoms with E-state index in [1.807, 2.05) is 21.1 Å². The van der Waals surface area contributed by atoms with Crippen molar-refractivity contribution in [2.24, 2.45) is 0 Å². The van der Waals surface area contributed by atoms with Gasteiger partial charge in [0.1, 0.15) is 13.2 Å². The number of hydrogen-bond acceptors (Lipinski definition) is 7. The van der Waals surface area contributed by atoms with Crippen LogP contribution in [0.5, 0.6) is 0 Å². The average Bonchev–Trinajstić information content (AvgIpc) is 3.63. The van der Waals surface area contributed by atoms with Gasteiger partial charge >= 0.3 is 17.9 Å². The molecular formula is C77H148NO8+. The molecule has 0 aromatic heterocycles. The summed E-state index contributed by atoms with van der Waals surface area (Å²) in [6, 6.07) is 0. The molecule has 0 saturated carbocycles. The number of carboxylic acids is 1. The lowest BCUT2D eigenvalue weighted by Gasteiger charge is -2.25. The molecule has 9 nitrogen and oxygen atoms in total. The number of likely N-dealkylation sites (N-methyl/N-ethyl adjacent to an activating group) is 1. The molecule has 0 radical (unpaired) electrons. The quantitative estimate of drug-likeness (QED) is 0.0211. The molecule has 0 bridgehead atoms. The van der Waals surface area contributed by atoms with Gasteiger partial charge in [0.2, 0.25) is 0 Å². The molecule has 2 unspecified atom stereocenters. The van der Waals surface area contributed by atoms with Crippen molar-refractivity contribution in [3.63, 3.8) is 0 Å². The predicted molar refractivity (Wildman–Crippen MR) is 369 cm³/mol. The van der Waals surface area contributed by atoms with Crippen LogP contribution >= 0.6 is 0 Å². The largest absolute Gasteiger partial charge is 0.477 e. The Morgan fingerprint density at radius 3 is 0.919 bits per heavy atom. The first-order valence-corrected chi connectivity index (χ1v) is 38.0. The number of ether oxygens (including phenoxy) is 4. The summed E-state index contributed by atoms with van der Waals surface area (Å²) in [7, 11) is 6.00. The molecule has 0 amide bonds. The second-order valence-electron chi connectivity index (χ2n) is 27.3. The molecule has 1 N–H and O–H groups in total. The van der Waals surface area contributed by atoms with E-state index in [1.165, 1.54) is 321 Å². The highest BCUT2D eigenvalue weighted by molar-refractivity contribution is 5.71. The van der Waals surface area contributed by atoms with Crippen molar-refractivity contribution in [3.05, 3.63) is 24.3 Å². The molecule has 0 aliphatic carbocycles. The van der Waals surface area contributed by atoms with Gasteiger partial charge < -0.3 is 28.5 Å². The number of quaternary nitrogens is 1. The van der Waals surface area contributed by atoms with Crippen molar-refractivity contribution < 1.29 is 42.9 Å². The van der Waals surface area contributed by atoms with E-state index in [2.05, 4.69) is 38.2 Å². The normalized spacial score (nSPS) is 12.7. The molecule has 86 heavy (non-hydrogen) atoms. The Morgan fingerprint density at radius 2 is 0.628 bits per heavy atom. The van der Waals surface area contributed by atoms with Crippen LogP contribution in [0, 0.1) is 0 Å². The number of nitrogens with zero attached hydrogens (tertiary/aromatic N) is 1. The molecular weight excluding hydrogens is 1070 g/mol. The molecule has 0 aliphatic rings. The Morgan fingerprint density at radius 1 is 0.349 bits per heavy atom. The van der Waals surface area contributed by atoms with Gasteiger partial charge in [0.15, 0.2) is 6.10 Å². The first-order chi connectivity index (χ1) is 42.1. The van der Waals surface area contributed by atoms with E-state index in [-0.39, 0.29) is 38.2 Å². The standard InChI is InChI=1S/C77H147NO8/c1-6-8-10-12-14-16-18-20-22-24-26-28-29-30-31-32-33-34-35-36-37-38-39-40-41-42-43-44-45-46-47-48-50-52-54-56-58-60-62-64-66-68-75(80)86-73(72-85-77(76(81)82)83-70-69-78(3,4)5)71-84-74(79)67-65-63-61-59-57-55-53-51-49-27-25-23-21-19-17-15-13-11-9-7-2/h18,20,24,26,73,77H,6-17,19,21-23,25,27-72H2,1-5H3/p+1/b20-18-,26-24-. The minimum Gasteiger partial charge on any atom is -0.477 e. The van der Waals surface area contributed by atoms with Gasteiger partial charge in [0.25, 0.3) is 6.29 Å². The van der Waals surface area contributed by atoms with Crippen molar-refractivity contribution in [2.45, 2.75) is 405 Å². The zero-order chi connectivity index (χ0) is 62.6. The van der Waals surface area contributed by atoms with Gasteiger partial charge in [0.05, 0.1) is 34.4 Å². The number of carbonyl (C=O) groups is 3. The maximum Gasteiger partial charge on any atom is 0.361 e. The fourth-order valence-corrected chi connectivity index (χ4v) is 11.6. The van der Waals surface area contributed by atoms with Crippen LogP contribution in [0.4, 0.5) is 0 Å². The Hall–Kier alpha value is -2.23. The third-order valence-corrected chi connectivity index (χ3v) is 17.5. The summed E-state index contributed by atoms with van der Waals surface area (Å²) in [6.45, 7) is 4.95. The van der Waals surface area contributed by atoms with Crippen LogP contribution in [-0.2, 0) is 33.3 Å². The number of rotatable bonds is 72. The second kappa shape index (κ2) is 68.7. The van der Waals surface area contributed by atoms with Crippen LogP contribution in [0.3, 0.4) is 0 Å². The predicted octanol–water partition coefficient (Wildman–Crippen LogP) is 23.8. The van der Waals surface area contributed by atoms with Gasteiger partial charge in [-0.3, -0.25) is 9.59 Å². The Bertz CT molecular complexity index is 1460. The van der Waals surface area contributed by atoms with E-state index in [0.717, 1.165) is 44.9 Å². The van der Waals surface area contributed by atoms with Crippen LogP contribution in [0.25, 0.3) is 0 Å². The summed E-state index contributed by atoms with van der Waals surface area (Å²) >= 11 is 0. The summed E-state index contributed by atoms with van der Waals surface area (Å²) < 4.78 is 23.0. The lowest BCUT2D eigenvalue weighted by atomic mass is 10.0. The molecule has 0 aromatic rings. The first kappa shape index (κ1) is 83.8. The fourth-order valence-electron chi connectivity index (χ4n) is 11.6. The van der Waals surface area contributed by atoms with Crippen LogP contribution in [0.15, 0.2) is 24.3 Å². The Balaban J connectivity index is 3.91. The van der Waals surface area contributed by atoms with Gasteiger partial charge in [-0.1, -0.05) is 359 Å². The fraction of sp³-hybridized carbons (Fsp3) is 0.909. The van der Waals surface area contributed by atoms with Gasteiger partial charge in [-0.05, 0) is 44.9 Å². The molecule has 2 atom stereocenters. The number of carboxylic acid groups (broad SMARTS) is 1. The van der Waals surface area contributed by atoms with Crippen LogP contribution in [-0.4, -0.2) is 87.4 Å². The summed E-state index contributed by atoms with van der Waals surface area (Å²) in [5.41, 5.74) is 0. The third-order valence-electron chi connectivity index (χ3n) is 17.5. The highest BCUT2D eigenvalue weighted by Crippen LogP contribution is 2.20. The maximum atomic E-state index is 13.0. The Kier molecular flexibility index (Phi) is 66.9. The molecule has 0 saturated heterocycles. The van der Waals surface area contributed by atoms with Gasteiger partial charge in [-0.25, -0.2) is 4.79 Å². The average molecular weight is 1220 g/mol. The van der Waals surface area contributed by atoms with Crippen LogP contribution < -0.4 is 0 Å². The summed E-state index contributed by atoms with van der Waals surface area (Å²) in [5.74, 6) is -1.97. The maximum absolute atomic E-state index is 13.0. The van der Waals surface area contributed by atoms with E-state index in [1.54, 1.807) is 0 Å². The summed E-state index contributed by atoms with van der Waals surface area (Å²) in [5, 5.41) is 9.75. The molecule has 0 aromatic carbocycles. The highest BCUT2D eigenvalue weighted by Gasteiger charge is 2.25. The minimum absolute atomic E-state index is 0.173. The number of allylic oxidation sites excluding steroid dienone is 4. The zero-order valence-corrected chi connectivity index (χ0v) is 58.3. The van der Waals surface area contributed by atoms with Crippen LogP contribution in [0.1, 0.15) is 393 Å². The van der Waals surface area contributed by atoms with Gasteiger partial charge in [0, 0.05) is 12.8 Å². The van der Waals surface area contributed by atoms with Crippen molar-refractivity contribution in [1.29, 1.82) is 0 Å². The molecule has 508 valence electrons. The minimum atomic E-state index is -1.51. The van der Waals surface area contributed by atoms with E-state index < -0.39 is 18.4 Å². The number of unbranched alkanes of at least 4 members (excludes halogenated alkanes) is 53. The third kappa shape index (κ3) is 69.2. The topological polar surface area (TPSA) is 108 Å². The number of esters is 2. The zero-order valence-electron chi connectivity index (χ0n) is 58.3. The van der Waals surface area contributed by atoms with Gasteiger partial charge in [-0.15, -0.1) is 0 Å². The number of carbonyl (C=O) groups excluding carboxylic acids is 2. The molecule has 0 rings (SSSR count).